The van der Waals surface area contributed by atoms with Crippen LogP contribution in [0, 0.1) is 11.3 Å². The molecular weight excluding hydrogens is 141 g/mol. The minimum absolute atomic E-state index is 0.0272. The normalized spacial score (nSPS) is 45.3. The summed E-state index contributed by atoms with van der Waals surface area (Å²) in [5.74, 6) is 0.484. The number of nitrogens with two attached hydrogens (primary N) is 1. The largest absolute Gasteiger partial charge is 0.327 e. The van der Waals surface area contributed by atoms with Gasteiger partial charge in [-0.25, -0.2) is 4.39 Å². The van der Waals surface area contributed by atoms with Crippen LogP contribution in [0.1, 0.15) is 33.6 Å². The van der Waals surface area contributed by atoms with Gasteiger partial charge < -0.3 is 5.73 Å². The second-order valence-corrected chi connectivity index (χ2v) is 4.30. The Bertz CT molecular complexity index is 146. The third-order valence-corrected chi connectivity index (χ3v) is 3.34. The van der Waals surface area contributed by atoms with Gasteiger partial charge in [-0.05, 0) is 24.2 Å². The molecule has 0 amide bonds. The number of alkyl halides is 1. The Morgan fingerprint density at radius 2 is 2.09 bits per heavy atom. The second-order valence-electron chi connectivity index (χ2n) is 4.30. The summed E-state index contributed by atoms with van der Waals surface area (Å²) in [5, 5.41) is 0. The van der Waals surface area contributed by atoms with Gasteiger partial charge in [-0.1, -0.05) is 20.8 Å². The van der Waals surface area contributed by atoms with Crippen LogP contribution in [0.3, 0.4) is 0 Å². The molecule has 0 aliphatic heterocycles. The van der Waals surface area contributed by atoms with E-state index < -0.39 is 6.17 Å². The molecule has 11 heavy (non-hydrogen) atoms. The average Bonchev–Trinajstić information content (AvgIpc) is 2.08. The van der Waals surface area contributed by atoms with Crippen molar-refractivity contribution in [3.63, 3.8) is 0 Å². The molecule has 1 saturated carbocycles. The van der Waals surface area contributed by atoms with Crippen LogP contribution in [0.5, 0.6) is 0 Å². The first-order chi connectivity index (χ1) is 4.97. The molecule has 0 aromatic carbocycles. The second kappa shape index (κ2) is 2.74. The number of hydrogen-bond donors (Lipinski definition) is 1. The molecule has 2 N–H and O–H groups in total. The molecule has 0 radical (unpaired) electrons. The van der Waals surface area contributed by atoms with Gasteiger partial charge in [0.15, 0.2) is 0 Å². The summed E-state index contributed by atoms with van der Waals surface area (Å²) in [6.07, 6.45) is 0.526. The Morgan fingerprint density at radius 1 is 1.55 bits per heavy atom. The third-order valence-electron chi connectivity index (χ3n) is 3.34. The maximum absolute atomic E-state index is 12.9. The van der Waals surface area contributed by atoms with Gasteiger partial charge in [-0.3, -0.25) is 0 Å². The molecule has 1 nitrogen and oxygen atoms in total. The van der Waals surface area contributed by atoms with Gasteiger partial charge in [0.2, 0.25) is 0 Å². The first-order valence-corrected chi connectivity index (χ1v) is 4.36. The molecule has 3 atom stereocenters. The van der Waals surface area contributed by atoms with Crippen molar-refractivity contribution < 1.29 is 4.39 Å². The molecule has 0 aromatic rings. The van der Waals surface area contributed by atoms with Gasteiger partial charge in [0.25, 0.3) is 0 Å². The van der Waals surface area contributed by atoms with Crippen LogP contribution in [0.25, 0.3) is 0 Å². The highest BCUT2D eigenvalue weighted by Gasteiger charge is 2.43. The monoisotopic (exact) mass is 159 g/mol. The fraction of sp³-hybridized carbons (Fsp3) is 1.00. The minimum atomic E-state index is -0.669. The van der Waals surface area contributed by atoms with E-state index in [9.17, 15) is 4.39 Å². The van der Waals surface area contributed by atoms with E-state index in [1.807, 2.05) is 0 Å². The highest BCUT2D eigenvalue weighted by molar-refractivity contribution is 4.97. The van der Waals surface area contributed by atoms with Crippen molar-refractivity contribution in [2.45, 2.75) is 45.8 Å². The maximum Gasteiger partial charge on any atom is 0.102 e. The van der Waals surface area contributed by atoms with E-state index >= 15 is 0 Å². The lowest BCUT2D eigenvalue weighted by atomic mass is 9.75. The van der Waals surface area contributed by atoms with Crippen molar-refractivity contribution in [2.75, 3.05) is 0 Å². The Kier molecular flexibility index (Phi) is 2.24. The molecular formula is C9H18FN. The van der Waals surface area contributed by atoms with E-state index in [1.54, 1.807) is 0 Å². The zero-order chi connectivity index (χ0) is 8.65. The molecule has 2 heteroatoms. The molecule has 0 bridgehead atoms. The summed E-state index contributed by atoms with van der Waals surface area (Å²) in [6, 6.07) is 0.0532. The topological polar surface area (TPSA) is 26.0 Å². The molecule has 1 rings (SSSR count). The Balaban J connectivity index is 2.71. The molecule has 0 heterocycles. The fourth-order valence-electron chi connectivity index (χ4n) is 1.92. The van der Waals surface area contributed by atoms with Crippen LogP contribution in [0.4, 0.5) is 4.39 Å². The average molecular weight is 159 g/mol. The van der Waals surface area contributed by atoms with Gasteiger partial charge in [0, 0.05) is 6.04 Å². The standard InChI is InChI=1S/C9H18FN/c1-6(2)9(3)5-7(10)4-8(9)11/h6-8H,4-5,11H2,1-3H3/t7?,8-,9?/m1/s1. The molecule has 0 spiro atoms. The Labute approximate surface area is 68.2 Å². The first-order valence-electron chi connectivity index (χ1n) is 4.36. The maximum atomic E-state index is 12.9. The first kappa shape index (κ1) is 8.98. The predicted octanol–water partition coefficient (Wildman–Crippen LogP) is 2.11. The molecule has 0 saturated heterocycles. The Morgan fingerprint density at radius 3 is 2.27 bits per heavy atom. The van der Waals surface area contributed by atoms with Gasteiger partial charge >= 0.3 is 0 Å². The van der Waals surface area contributed by atoms with Crippen molar-refractivity contribution in [3.05, 3.63) is 0 Å². The zero-order valence-electron chi connectivity index (χ0n) is 7.60. The van der Waals surface area contributed by atoms with E-state index in [2.05, 4.69) is 20.8 Å². The summed E-state index contributed by atoms with van der Waals surface area (Å²) in [5.41, 5.74) is 5.89. The van der Waals surface area contributed by atoms with Crippen molar-refractivity contribution in [2.24, 2.45) is 17.1 Å². The van der Waals surface area contributed by atoms with Crippen LogP contribution in [0.15, 0.2) is 0 Å². The lowest BCUT2D eigenvalue weighted by Gasteiger charge is -2.32. The van der Waals surface area contributed by atoms with Gasteiger partial charge in [0.1, 0.15) is 6.17 Å². The van der Waals surface area contributed by atoms with Crippen LogP contribution in [-0.4, -0.2) is 12.2 Å². The summed E-state index contributed by atoms with van der Waals surface area (Å²) >= 11 is 0. The SMILES string of the molecule is CC(C)C1(C)CC(F)C[C@H]1N. The number of hydrogen-bond acceptors (Lipinski definition) is 1. The fourth-order valence-corrected chi connectivity index (χ4v) is 1.92. The quantitative estimate of drug-likeness (QED) is 0.623. The highest BCUT2D eigenvalue weighted by Crippen LogP contribution is 2.43. The van der Waals surface area contributed by atoms with E-state index in [0.717, 1.165) is 0 Å². The van der Waals surface area contributed by atoms with Gasteiger partial charge in [0.05, 0.1) is 0 Å². The zero-order valence-corrected chi connectivity index (χ0v) is 7.60. The van der Waals surface area contributed by atoms with Gasteiger partial charge in [-0.15, -0.1) is 0 Å². The summed E-state index contributed by atoms with van der Waals surface area (Å²) in [6.45, 7) is 6.34. The van der Waals surface area contributed by atoms with Crippen LogP contribution < -0.4 is 5.73 Å². The smallest absolute Gasteiger partial charge is 0.102 e. The molecule has 66 valence electrons. The third kappa shape index (κ3) is 1.41. The molecule has 2 unspecified atom stereocenters. The van der Waals surface area contributed by atoms with Crippen LogP contribution in [0.2, 0.25) is 0 Å². The molecule has 1 aliphatic carbocycles. The summed E-state index contributed by atoms with van der Waals surface area (Å²) in [4.78, 5) is 0. The molecule has 1 fully saturated rings. The Hall–Kier alpha value is -0.110. The minimum Gasteiger partial charge on any atom is -0.327 e. The lowest BCUT2D eigenvalue weighted by Crippen LogP contribution is -2.38. The van der Waals surface area contributed by atoms with Crippen molar-refractivity contribution >= 4 is 0 Å². The van der Waals surface area contributed by atoms with Crippen molar-refractivity contribution in [3.8, 4) is 0 Å². The van der Waals surface area contributed by atoms with Crippen LogP contribution in [-0.2, 0) is 0 Å². The predicted molar refractivity (Wildman–Crippen MR) is 45.1 cm³/mol. The lowest BCUT2D eigenvalue weighted by molar-refractivity contribution is 0.184. The van der Waals surface area contributed by atoms with E-state index in [0.29, 0.717) is 18.8 Å². The van der Waals surface area contributed by atoms with E-state index in [4.69, 9.17) is 5.73 Å². The number of halogens is 1. The summed E-state index contributed by atoms with van der Waals surface area (Å²) < 4.78 is 12.9. The molecule has 0 aromatic heterocycles. The van der Waals surface area contributed by atoms with E-state index in [-0.39, 0.29) is 11.5 Å². The van der Waals surface area contributed by atoms with Gasteiger partial charge in [-0.2, -0.15) is 0 Å². The van der Waals surface area contributed by atoms with Crippen LogP contribution >= 0.6 is 0 Å². The highest BCUT2D eigenvalue weighted by atomic mass is 19.1. The summed E-state index contributed by atoms with van der Waals surface area (Å²) in [7, 11) is 0. The van der Waals surface area contributed by atoms with E-state index in [1.165, 1.54) is 0 Å². The van der Waals surface area contributed by atoms with Crippen molar-refractivity contribution in [1.29, 1.82) is 0 Å². The molecule has 1 aliphatic rings. The van der Waals surface area contributed by atoms with Crippen molar-refractivity contribution in [1.82, 2.24) is 0 Å². The number of rotatable bonds is 1.